The van der Waals surface area contributed by atoms with Crippen molar-refractivity contribution in [3.63, 3.8) is 0 Å². The number of benzene rings is 1. The molecule has 0 aliphatic carbocycles. The lowest BCUT2D eigenvalue weighted by Crippen LogP contribution is -2.24. The summed E-state index contributed by atoms with van der Waals surface area (Å²) in [5.41, 5.74) is 1.69. The van der Waals surface area contributed by atoms with Gasteiger partial charge in [0.1, 0.15) is 5.82 Å². The van der Waals surface area contributed by atoms with Crippen LogP contribution in [-0.4, -0.2) is 23.9 Å². The van der Waals surface area contributed by atoms with E-state index in [1.54, 1.807) is 19.2 Å². The first-order valence-electron chi connectivity index (χ1n) is 6.69. The third-order valence-electron chi connectivity index (χ3n) is 3.13. The largest absolute Gasteiger partial charge is 0.480 e. The number of rotatable bonds is 6. The van der Waals surface area contributed by atoms with E-state index in [9.17, 15) is 4.39 Å². The van der Waals surface area contributed by atoms with Gasteiger partial charge in [0.25, 0.3) is 0 Å². The molecule has 2 aromatic rings. The molecule has 0 amide bonds. The van der Waals surface area contributed by atoms with Crippen LogP contribution in [-0.2, 0) is 6.42 Å². The zero-order valence-electron chi connectivity index (χ0n) is 11.9. The molecule has 6 heteroatoms. The number of methoxy groups -OCH3 is 1. The Labute approximate surface area is 131 Å². The minimum absolute atomic E-state index is 0.0356. The molecular formula is C15H17BrFN3O. The minimum atomic E-state index is -0.261. The Hall–Kier alpha value is -1.53. The molecule has 4 nitrogen and oxygen atoms in total. The van der Waals surface area contributed by atoms with Gasteiger partial charge in [0.05, 0.1) is 23.3 Å². The van der Waals surface area contributed by atoms with Gasteiger partial charge in [-0.1, -0.05) is 19.1 Å². The zero-order chi connectivity index (χ0) is 15.2. The average Bonchev–Trinajstić information content (AvgIpc) is 2.51. The van der Waals surface area contributed by atoms with Crippen LogP contribution in [0.5, 0.6) is 5.88 Å². The second-order valence-corrected chi connectivity index (χ2v) is 5.32. The van der Waals surface area contributed by atoms with Crippen LogP contribution < -0.4 is 10.1 Å². The molecule has 1 aromatic carbocycles. The van der Waals surface area contributed by atoms with Crippen LogP contribution in [0.15, 0.2) is 34.8 Å². The highest BCUT2D eigenvalue weighted by molar-refractivity contribution is 9.10. The van der Waals surface area contributed by atoms with Crippen LogP contribution in [0, 0.1) is 5.82 Å². The van der Waals surface area contributed by atoms with Gasteiger partial charge in [-0.15, -0.1) is 5.10 Å². The highest BCUT2D eigenvalue weighted by Crippen LogP contribution is 2.25. The summed E-state index contributed by atoms with van der Waals surface area (Å²) >= 11 is 3.30. The fourth-order valence-corrected chi connectivity index (χ4v) is 2.50. The van der Waals surface area contributed by atoms with Gasteiger partial charge in [-0.25, -0.2) is 4.39 Å². The zero-order valence-corrected chi connectivity index (χ0v) is 13.5. The summed E-state index contributed by atoms with van der Waals surface area (Å²) in [5.74, 6) is 0.212. The fourth-order valence-electron chi connectivity index (χ4n) is 2.08. The van der Waals surface area contributed by atoms with Crippen LogP contribution in [0.4, 0.5) is 4.39 Å². The maximum atomic E-state index is 13.6. The van der Waals surface area contributed by atoms with E-state index in [1.807, 2.05) is 19.1 Å². The van der Waals surface area contributed by atoms with Crippen LogP contribution in [0.25, 0.3) is 0 Å². The maximum Gasteiger partial charge on any atom is 0.233 e. The summed E-state index contributed by atoms with van der Waals surface area (Å²) in [5, 5.41) is 11.5. The monoisotopic (exact) mass is 353 g/mol. The average molecular weight is 354 g/mol. The van der Waals surface area contributed by atoms with Crippen molar-refractivity contribution in [2.45, 2.75) is 19.4 Å². The summed E-state index contributed by atoms with van der Waals surface area (Å²) in [6.07, 6.45) is 0.618. The number of hydrogen-bond acceptors (Lipinski definition) is 4. The van der Waals surface area contributed by atoms with E-state index in [1.165, 1.54) is 6.07 Å². The van der Waals surface area contributed by atoms with Crippen molar-refractivity contribution >= 4 is 15.9 Å². The van der Waals surface area contributed by atoms with Crippen molar-refractivity contribution < 1.29 is 9.13 Å². The topological polar surface area (TPSA) is 47.0 Å². The second kappa shape index (κ2) is 7.47. The van der Waals surface area contributed by atoms with E-state index in [-0.39, 0.29) is 11.9 Å². The van der Waals surface area contributed by atoms with E-state index in [4.69, 9.17) is 4.74 Å². The van der Waals surface area contributed by atoms with Gasteiger partial charge in [0.2, 0.25) is 5.88 Å². The first-order valence-corrected chi connectivity index (χ1v) is 7.49. The summed E-state index contributed by atoms with van der Waals surface area (Å²) < 4.78 is 19.1. The molecule has 0 aliphatic heterocycles. The highest BCUT2D eigenvalue weighted by atomic mass is 79.9. The number of nitrogens with one attached hydrogen (secondary N) is 1. The van der Waals surface area contributed by atoms with Crippen LogP contribution in [0.2, 0.25) is 0 Å². The van der Waals surface area contributed by atoms with Crippen LogP contribution >= 0.6 is 15.9 Å². The first kappa shape index (κ1) is 15.9. The standard InChI is InChI=1S/C15H17BrFN3O/c1-3-18-13(12-7-8-14(21-2)20-19-12)9-10-5-4-6-11(17)15(10)16/h4-8,13,18H,3,9H2,1-2H3. The van der Waals surface area contributed by atoms with Crippen molar-refractivity contribution in [2.24, 2.45) is 0 Å². The fraction of sp³-hybridized carbons (Fsp3) is 0.333. The number of hydrogen-bond donors (Lipinski definition) is 1. The highest BCUT2D eigenvalue weighted by Gasteiger charge is 2.16. The molecule has 1 heterocycles. The molecule has 112 valence electrons. The Kier molecular flexibility index (Phi) is 5.64. The van der Waals surface area contributed by atoms with Crippen molar-refractivity contribution in [3.05, 3.63) is 51.9 Å². The molecule has 0 bridgehead atoms. The van der Waals surface area contributed by atoms with E-state index < -0.39 is 0 Å². The summed E-state index contributed by atoms with van der Waals surface area (Å²) in [4.78, 5) is 0. The lowest BCUT2D eigenvalue weighted by molar-refractivity contribution is 0.389. The van der Waals surface area contributed by atoms with Gasteiger partial charge < -0.3 is 10.1 Å². The minimum Gasteiger partial charge on any atom is -0.480 e. The van der Waals surface area contributed by atoms with Gasteiger partial charge in [0, 0.05) is 6.07 Å². The van der Waals surface area contributed by atoms with E-state index in [2.05, 4.69) is 31.4 Å². The number of likely N-dealkylation sites (N-methyl/N-ethyl adjacent to an activating group) is 1. The molecule has 0 saturated carbocycles. The molecule has 0 aliphatic rings. The van der Waals surface area contributed by atoms with E-state index in [0.29, 0.717) is 16.8 Å². The molecule has 0 radical (unpaired) electrons. The SMILES string of the molecule is CCNC(Cc1cccc(F)c1Br)c1ccc(OC)nn1. The van der Waals surface area contributed by atoms with Gasteiger partial charge in [-0.2, -0.15) is 5.10 Å². The molecule has 0 fully saturated rings. The Bertz CT molecular complexity index is 592. The van der Waals surface area contributed by atoms with Crippen LogP contribution in [0.1, 0.15) is 24.2 Å². The van der Waals surface area contributed by atoms with Crippen molar-refractivity contribution in [2.75, 3.05) is 13.7 Å². The number of halogens is 2. The molecule has 1 unspecified atom stereocenters. The second-order valence-electron chi connectivity index (χ2n) is 4.53. The maximum absolute atomic E-state index is 13.6. The van der Waals surface area contributed by atoms with Gasteiger partial charge in [-0.3, -0.25) is 0 Å². The number of aromatic nitrogens is 2. The quantitative estimate of drug-likeness (QED) is 0.865. The molecular weight excluding hydrogens is 337 g/mol. The molecule has 0 saturated heterocycles. The van der Waals surface area contributed by atoms with Gasteiger partial charge in [-0.05, 0) is 46.6 Å². The van der Waals surface area contributed by atoms with Gasteiger partial charge in [0.15, 0.2) is 0 Å². The smallest absolute Gasteiger partial charge is 0.233 e. The molecule has 21 heavy (non-hydrogen) atoms. The van der Waals surface area contributed by atoms with Gasteiger partial charge >= 0.3 is 0 Å². The lowest BCUT2D eigenvalue weighted by Gasteiger charge is -2.18. The molecule has 2 rings (SSSR count). The van der Waals surface area contributed by atoms with E-state index in [0.717, 1.165) is 17.8 Å². The van der Waals surface area contributed by atoms with Crippen molar-refractivity contribution in [1.82, 2.24) is 15.5 Å². The Morgan fingerprint density at radius 2 is 2.10 bits per heavy atom. The predicted molar refractivity (Wildman–Crippen MR) is 82.8 cm³/mol. The normalized spacial score (nSPS) is 12.2. The predicted octanol–water partition coefficient (Wildman–Crippen LogP) is 3.28. The van der Waals surface area contributed by atoms with E-state index >= 15 is 0 Å². The third kappa shape index (κ3) is 3.98. The van der Waals surface area contributed by atoms with Crippen molar-refractivity contribution in [1.29, 1.82) is 0 Å². The number of nitrogens with zero attached hydrogens (tertiary/aromatic N) is 2. The number of ether oxygens (including phenoxy) is 1. The third-order valence-corrected chi connectivity index (χ3v) is 4.02. The van der Waals surface area contributed by atoms with Crippen molar-refractivity contribution in [3.8, 4) is 5.88 Å². The molecule has 1 N–H and O–H groups in total. The molecule has 1 atom stereocenters. The molecule has 1 aromatic heterocycles. The Morgan fingerprint density at radius 3 is 2.71 bits per heavy atom. The summed E-state index contributed by atoms with van der Waals surface area (Å²) in [6, 6.07) is 8.64. The Balaban J connectivity index is 2.23. The van der Waals surface area contributed by atoms with Crippen LogP contribution in [0.3, 0.4) is 0 Å². The first-order chi connectivity index (χ1) is 10.2. The lowest BCUT2D eigenvalue weighted by atomic mass is 10.0. The summed E-state index contributed by atoms with van der Waals surface area (Å²) in [6.45, 7) is 2.80. The summed E-state index contributed by atoms with van der Waals surface area (Å²) in [7, 11) is 1.55. The molecule has 0 spiro atoms. The Morgan fingerprint density at radius 1 is 1.29 bits per heavy atom.